The van der Waals surface area contributed by atoms with Gasteiger partial charge in [0.25, 0.3) is 0 Å². The Morgan fingerprint density at radius 2 is 1.81 bits per heavy atom. The first kappa shape index (κ1) is 17.2. The van der Waals surface area contributed by atoms with Crippen LogP contribution in [0.5, 0.6) is 0 Å². The third-order valence-electron chi connectivity index (χ3n) is 3.02. The number of anilines is 1. The molecule has 0 fully saturated rings. The van der Waals surface area contributed by atoms with Crippen LogP contribution in [0.1, 0.15) is 16.7 Å². The van der Waals surface area contributed by atoms with Crippen LogP contribution in [0.4, 0.5) is 5.69 Å². The number of sulfonamides is 1. The van der Waals surface area contributed by atoms with E-state index in [0.29, 0.717) is 12.2 Å². The summed E-state index contributed by atoms with van der Waals surface area (Å²) in [5, 5.41) is 2.59. The van der Waals surface area contributed by atoms with Crippen LogP contribution in [0.25, 0.3) is 0 Å². The second-order valence-electron chi connectivity index (χ2n) is 5.11. The van der Waals surface area contributed by atoms with Gasteiger partial charge in [0, 0.05) is 6.54 Å². The smallest absolute Gasteiger partial charge is 0.241 e. The fraction of sp³-hybridized carbons (Fsp3) is 0.400. The maximum Gasteiger partial charge on any atom is 0.241 e. The summed E-state index contributed by atoms with van der Waals surface area (Å²) in [5.41, 5.74) is 3.28. The largest absolute Gasteiger partial charge is 0.351 e. The van der Waals surface area contributed by atoms with Gasteiger partial charge in [-0.25, -0.2) is 8.42 Å². The summed E-state index contributed by atoms with van der Waals surface area (Å²) in [7, 11) is -3.55. The minimum absolute atomic E-state index is 0.239. The molecule has 0 bridgehead atoms. The highest BCUT2D eigenvalue weighted by Gasteiger charge is 2.23. The standard InChI is InChI=1S/C15H22N2O3S/c1-6-7-16-14(18)10-17(21(5,19)20)15-12(3)8-11(2)9-13(15)4/h6,8-9H,1,7,10H2,2-5H3,(H,16,18). The fourth-order valence-corrected chi connectivity index (χ4v) is 3.27. The van der Waals surface area contributed by atoms with Crippen molar-refractivity contribution < 1.29 is 13.2 Å². The van der Waals surface area contributed by atoms with E-state index in [-0.39, 0.29) is 12.5 Å². The fourth-order valence-electron chi connectivity index (χ4n) is 2.30. The molecular formula is C15H22N2O3S. The second kappa shape index (κ2) is 6.76. The second-order valence-corrected chi connectivity index (χ2v) is 7.02. The van der Waals surface area contributed by atoms with E-state index in [1.165, 1.54) is 0 Å². The molecule has 0 radical (unpaired) electrons. The molecule has 5 nitrogen and oxygen atoms in total. The van der Waals surface area contributed by atoms with E-state index in [0.717, 1.165) is 27.3 Å². The average molecular weight is 310 g/mol. The van der Waals surface area contributed by atoms with Gasteiger partial charge < -0.3 is 5.32 Å². The van der Waals surface area contributed by atoms with Crippen molar-refractivity contribution >= 4 is 21.6 Å². The molecule has 0 saturated heterocycles. The van der Waals surface area contributed by atoms with E-state index < -0.39 is 10.0 Å². The molecule has 0 aromatic heterocycles. The molecule has 0 saturated carbocycles. The number of benzene rings is 1. The van der Waals surface area contributed by atoms with E-state index in [1.807, 2.05) is 32.9 Å². The molecule has 1 amide bonds. The predicted octanol–water partition coefficient (Wildman–Crippen LogP) is 1.68. The van der Waals surface area contributed by atoms with E-state index >= 15 is 0 Å². The third kappa shape index (κ3) is 4.60. The molecule has 1 aromatic rings. The Labute approximate surface area is 126 Å². The molecule has 0 heterocycles. The lowest BCUT2D eigenvalue weighted by molar-refractivity contribution is -0.119. The van der Waals surface area contributed by atoms with Crippen LogP contribution in [-0.4, -0.2) is 33.7 Å². The number of nitrogens with zero attached hydrogens (tertiary/aromatic N) is 1. The Kier molecular flexibility index (Phi) is 5.54. The molecule has 116 valence electrons. The zero-order valence-electron chi connectivity index (χ0n) is 12.9. The number of aryl methyl sites for hydroxylation is 3. The van der Waals surface area contributed by atoms with Gasteiger partial charge in [0.1, 0.15) is 6.54 Å². The summed E-state index contributed by atoms with van der Waals surface area (Å²) < 4.78 is 25.3. The Balaban J connectivity index is 3.22. The monoisotopic (exact) mass is 310 g/mol. The van der Waals surface area contributed by atoms with Crippen molar-refractivity contribution in [3.8, 4) is 0 Å². The van der Waals surface area contributed by atoms with Crippen molar-refractivity contribution in [1.29, 1.82) is 0 Å². The number of carbonyl (C=O) groups excluding carboxylic acids is 1. The summed E-state index contributed by atoms with van der Waals surface area (Å²) >= 11 is 0. The van der Waals surface area contributed by atoms with Crippen molar-refractivity contribution in [2.45, 2.75) is 20.8 Å². The summed E-state index contributed by atoms with van der Waals surface area (Å²) in [4.78, 5) is 11.9. The average Bonchev–Trinajstić information content (AvgIpc) is 2.32. The highest BCUT2D eigenvalue weighted by Crippen LogP contribution is 2.28. The lowest BCUT2D eigenvalue weighted by atomic mass is 10.1. The van der Waals surface area contributed by atoms with E-state index in [4.69, 9.17) is 0 Å². The van der Waals surface area contributed by atoms with Crippen molar-refractivity contribution in [3.63, 3.8) is 0 Å². The molecule has 0 atom stereocenters. The molecule has 1 rings (SSSR count). The van der Waals surface area contributed by atoms with Gasteiger partial charge in [0.15, 0.2) is 0 Å². The minimum atomic E-state index is -3.55. The molecule has 0 aliphatic rings. The van der Waals surface area contributed by atoms with Gasteiger partial charge in [-0.2, -0.15) is 0 Å². The summed E-state index contributed by atoms with van der Waals surface area (Å²) in [5.74, 6) is -0.361. The lowest BCUT2D eigenvalue weighted by Gasteiger charge is -2.25. The van der Waals surface area contributed by atoms with Gasteiger partial charge in [0.2, 0.25) is 15.9 Å². The quantitative estimate of drug-likeness (QED) is 0.813. The zero-order chi connectivity index (χ0) is 16.2. The Morgan fingerprint density at radius 3 is 2.24 bits per heavy atom. The molecule has 6 heteroatoms. The van der Waals surface area contributed by atoms with Crippen molar-refractivity contribution in [2.75, 3.05) is 23.7 Å². The van der Waals surface area contributed by atoms with Crippen molar-refractivity contribution in [3.05, 3.63) is 41.5 Å². The number of hydrogen-bond donors (Lipinski definition) is 1. The van der Waals surface area contributed by atoms with Gasteiger partial charge in [-0.1, -0.05) is 23.8 Å². The van der Waals surface area contributed by atoms with Crippen LogP contribution in [0.15, 0.2) is 24.8 Å². The van der Waals surface area contributed by atoms with Gasteiger partial charge in [-0.3, -0.25) is 9.10 Å². The molecule has 0 unspecified atom stereocenters. The number of rotatable bonds is 6. The van der Waals surface area contributed by atoms with Gasteiger partial charge in [-0.05, 0) is 31.9 Å². The number of nitrogens with one attached hydrogen (secondary N) is 1. The normalized spacial score (nSPS) is 11.0. The van der Waals surface area contributed by atoms with Crippen LogP contribution in [0.2, 0.25) is 0 Å². The Bertz CT molecular complexity index is 628. The van der Waals surface area contributed by atoms with Crippen LogP contribution < -0.4 is 9.62 Å². The summed E-state index contributed by atoms with van der Waals surface area (Å²) in [6.45, 7) is 9.21. The van der Waals surface area contributed by atoms with Gasteiger partial charge in [0.05, 0.1) is 11.9 Å². The van der Waals surface area contributed by atoms with E-state index in [9.17, 15) is 13.2 Å². The van der Waals surface area contributed by atoms with Gasteiger partial charge >= 0.3 is 0 Å². The molecule has 21 heavy (non-hydrogen) atoms. The lowest BCUT2D eigenvalue weighted by Crippen LogP contribution is -2.41. The maximum atomic E-state index is 12.1. The van der Waals surface area contributed by atoms with Crippen LogP contribution in [-0.2, 0) is 14.8 Å². The third-order valence-corrected chi connectivity index (χ3v) is 4.13. The number of carbonyl (C=O) groups is 1. The Morgan fingerprint density at radius 1 is 1.29 bits per heavy atom. The highest BCUT2D eigenvalue weighted by molar-refractivity contribution is 7.92. The molecular weight excluding hydrogens is 288 g/mol. The maximum absolute atomic E-state index is 12.1. The molecule has 1 aromatic carbocycles. The molecule has 0 aliphatic carbocycles. The van der Waals surface area contributed by atoms with Crippen LogP contribution in [0, 0.1) is 20.8 Å². The SMILES string of the molecule is C=CCNC(=O)CN(c1c(C)cc(C)cc1C)S(C)(=O)=O. The van der Waals surface area contributed by atoms with Crippen LogP contribution >= 0.6 is 0 Å². The zero-order valence-corrected chi connectivity index (χ0v) is 13.8. The first-order valence-electron chi connectivity index (χ1n) is 6.60. The minimum Gasteiger partial charge on any atom is -0.351 e. The van der Waals surface area contributed by atoms with Crippen molar-refractivity contribution in [1.82, 2.24) is 5.32 Å². The Hall–Kier alpha value is -1.82. The topological polar surface area (TPSA) is 66.5 Å². The van der Waals surface area contributed by atoms with Gasteiger partial charge in [-0.15, -0.1) is 6.58 Å². The highest BCUT2D eigenvalue weighted by atomic mass is 32.2. The van der Waals surface area contributed by atoms with E-state index in [1.54, 1.807) is 6.08 Å². The molecule has 1 N–H and O–H groups in total. The molecule has 0 aliphatic heterocycles. The predicted molar refractivity (Wildman–Crippen MR) is 86.0 cm³/mol. The number of amides is 1. The number of hydrogen-bond acceptors (Lipinski definition) is 3. The van der Waals surface area contributed by atoms with E-state index in [2.05, 4.69) is 11.9 Å². The van der Waals surface area contributed by atoms with Crippen LogP contribution in [0.3, 0.4) is 0 Å². The summed E-state index contributed by atoms with van der Waals surface area (Å²) in [6, 6.07) is 3.81. The summed E-state index contributed by atoms with van der Waals surface area (Å²) in [6.07, 6.45) is 2.65. The molecule has 0 spiro atoms. The van der Waals surface area contributed by atoms with Crippen molar-refractivity contribution in [2.24, 2.45) is 0 Å². The first-order valence-corrected chi connectivity index (χ1v) is 8.44. The first-order chi connectivity index (χ1) is 9.66.